The second-order valence-electron chi connectivity index (χ2n) is 5.73. The van der Waals surface area contributed by atoms with Crippen molar-refractivity contribution in [1.29, 1.82) is 0 Å². The maximum atomic E-state index is 13.1. The van der Waals surface area contributed by atoms with E-state index in [-0.39, 0.29) is 5.82 Å². The molecule has 3 rings (SSSR count). The average molecular weight is 283 g/mol. The molecule has 21 heavy (non-hydrogen) atoms. The van der Waals surface area contributed by atoms with Gasteiger partial charge in [-0.2, -0.15) is 0 Å². The summed E-state index contributed by atoms with van der Waals surface area (Å²) in [5.74, 6) is 0.616. The molecule has 0 saturated heterocycles. The number of hydrogen-bond acceptors (Lipinski definition) is 2. The minimum atomic E-state index is -0.400. The average Bonchev–Trinajstić information content (AvgIpc) is 2.45. The fraction of sp³-hybridized carbons (Fsp3) is 0.222. The zero-order valence-corrected chi connectivity index (χ0v) is 12.4. The number of fused-ring (bicyclic) bond motifs is 1. The molecule has 0 saturated carbocycles. The van der Waals surface area contributed by atoms with Crippen molar-refractivity contribution in [3.63, 3.8) is 0 Å². The molecule has 0 atom stereocenters. The molecule has 0 aliphatic carbocycles. The van der Waals surface area contributed by atoms with Crippen LogP contribution >= 0.6 is 0 Å². The Balaban J connectivity index is 2.15. The number of anilines is 1. The summed E-state index contributed by atoms with van der Waals surface area (Å²) in [4.78, 5) is 0. The van der Waals surface area contributed by atoms with Gasteiger partial charge in [0, 0.05) is 24.4 Å². The number of ether oxygens (including phenoxy) is 1. The van der Waals surface area contributed by atoms with Gasteiger partial charge in [0.2, 0.25) is 0 Å². The molecular formula is C18H18FNO. The molecule has 2 aromatic carbocycles. The third-order valence-electron chi connectivity index (χ3n) is 3.58. The van der Waals surface area contributed by atoms with Crippen molar-refractivity contribution in [2.75, 3.05) is 12.4 Å². The molecule has 1 aliphatic rings. The Morgan fingerprint density at radius 3 is 2.43 bits per heavy atom. The first-order chi connectivity index (χ1) is 9.98. The summed E-state index contributed by atoms with van der Waals surface area (Å²) in [6.45, 7) is 4.04. The van der Waals surface area contributed by atoms with Gasteiger partial charge in [0.25, 0.3) is 0 Å². The maximum absolute atomic E-state index is 13.1. The van der Waals surface area contributed by atoms with Gasteiger partial charge in [0.05, 0.1) is 0 Å². The summed E-state index contributed by atoms with van der Waals surface area (Å²) in [7, 11) is 1.88. The Hall–Kier alpha value is -2.29. The monoisotopic (exact) mass is 283 g/mol. The van der Waals surface area contributed by atoms with Crippen LogP contribution in [0, 0.1) is 5.82 Å². The van der Waals surface area contributed by atoms with E-state index >= 15 is 0 Å². The molecule has 1 aliphatic heterocycles. The summed E-state index contributed by atoms with van der Waals surface area (Å²) < 4.78 is 19.2. The third kappa shape index (κ3) is 2.64. The first kappa shape index (κ1) is 13.7. The van der Waals surface area contributed by atoms with Gasteiger partial charge in [0.1, 0.15) is 17.2 Å². The van der Waals surface area contributed by atoms with E-state index < -0.39 is 5.60 Å². The lowest BCUT2D eigenvalue weighted by atomic mass is 9.90. The minimum absolute atomic E-state index is 0.226. The van der Waals surface area contributed by atoms with Crippen molar-refractivity contribution < 1.29 is 9.13 Å². The van der Waals surface area contributed by atoms with Gasteiger partial charge in [0.15, 0.2) is 0 Å². The lowest BCUT2D eigenvalue weighted by Gasteiger charge is -2.31. The van der Waals surface area contributed by atoms with Crippen LogP contribution in [0.1, 0.15) is 25.0 Å². The van der Waals surface area contributed by atoms with E-state index in [9.17, 15) is 4.39 Å². The largest absolute Gasteiger partial charge is 0.483 e. The molecule has 2 aromatic rings. The van der Waals surface area contributed by atoms with E-state index in [0.29, 0.717) is 0 Å². The zero-order chi connectivity index (χ0) is 15.0. The van der Waals surface area contributed by atoms with Crippen LogP contribution in [0.4, 0.5) is 10.1 Å². The van der Waals surface area contributed by atoms with Gasteiger partial charge < -0.3 is 10.1 Å². The second kappa shape index (κ2) is 4.92. The Morgan fingerprint density at radius 2 is 1.76 bits per heavy atom. The summed E-state index contributed by atoms with van der Waals surface area (Å²) >= 11 is 0. The van der Waals surface area contributed by atoms with Crippen LogP contribution in [0.15, 0.2) is 48.5 Å². The van der Waals surface area contributed by atoms with Gasteiger partial charge in [-0.3, -0.25) is 0 Å². The molecule has 1 heterocycles. The predicted octanol–water partition coefficient (Wildman–Crippen LogP) is 4.47. The van der Waals surface area contributed by atoms with E-state index in [0.717, 1.165) is 28.1 Å². The molecule has 0 radical (unpaired) electrons. The quantitative estimate of drug-likeness (QED) is 0.878. The standard InChI is InChI=1S/C18H18FNO/c1-18(2)11-16(12-4-6-13(19)7-5-12)15-9-8-14(20-3)10-17(15)21-18/h4-11,20H,1-3H3. The van der Waals surface area contributed by atoms with Gasteiger partial charge in [-0.05, 0) is 55.3 Å². The zero-order valence-electron chi connectivity index (χ0n) is 12.4. The fourth-order valence-corrected chi connectivity index (χ4v) is 2.59. The number of benzene rings is 2. The summed E-state index contributed by atoms with van der Waals surface area (Å²) in [6, 6.07) is 12.6. The normalized spacial score (nSPS) is 15.7. The molecule has 3 heteroatoms. The molecule has 0 amide bonds. The van der Waals surface area contributed by atoms with Crippen molar-refractivity contribution in [1.82, 2.24) is 0 Å². The van der Waals surface area contributed by atoms with Crippen LogP contribution in [-0.2, 0) is 0 Å². The highest BCUT2D eigenvalue weighted by molar-refractivity contribution is 5.85. The number of nitrogens with one attached hydrogen (secondary N) is 1. The number of halogens is 1. The van der Waals surface area contributed by atoms with Crippen LogP contribution in [0.5, 0.6) is 5.75 Å². The molecule has 0 unspecified atom stereocenters. The molecule has 0 fully saturated rings. The van der Waals surface area contributed by atoms with Crippen LogP contribution in [0.2, 0.25) is 0 Å². The highest BCUT2D eigenvalue weighted by Crippen LogP contribution is 2.40. The van der Waals surface area contributed by atoms with Crippen LogP contribution < -0.4 is 10.1 Å². The Labute approximate surface area is 124 Å². The smallest absolute Gasteiger partial charge is 0.130 e. The summed E-state index contributed by atoms with van der Waals surface area (Å²) in [5, 5.41) is 3.12. The SMILES string of the molecule is CNc1ccc2c(c1)OC(C)(C)C=C2c1ccc(F)cc1. The van der Waals surface area contributed by atoms with E-state index in [1.807, 2.05) is 39.1 Å². The third-order valence-corrected chi connectivity index (χ3v) is 3.58. The van der Waals surface area contributed by atoms with Crippen LogP contribution in [0.3, 0.4) is 0 Å². The molecule has 0 spiro atoms. The summed E-state index contributed by atoms with van der Waals surface area (Å²) in [6.07, 6.45) is 2.08. The van der Waals surface area contributed by atoms with Gasteiger partial charge in [-0.15, -0.1) is 0 Å². The predicted molar refractivity (Wildman–Crippen MR) is 84.2 cm³/mol. The van der Waals surface area contributed by atoms with Crippen molar-refractivity contribution in [2.24, 2.45) is 0 Å². The van der Waals surface area contributed by atoms with Gasteiger partial charge in [-0.1, -0.05) is 12.1 Å². The Kier molecular flexibility index (Phi) is 3.20. The fourth-order valence-electron chi connectivity index (χ4n) is 2.59. The van der Waals surface area contributed by atoms with Crippen molar-refractivity contribution >= 4 is 11.3 Å². The minimum Gasteiger partial charge on any atom is -0.483 e. The van der Waals surface area contributed by atoms with E-state index in [4.69, 9.17) is 4.74 Å². The van der Waals surface area contributed by atoms with Crippen molar-refractivity contribution in [3.05, 3.63) is 65.5 Å². The maximum Gasteiger partial charge on any atom is 0.130 e. The Morgan fingerprint density at radius 1 is 1.05 bits per heavy atom. The van der Waals surface area contributed by atoms with Crippen LogP contribution in [-0.4, -0.2) is 12.6 Å². The lowest BCUT2D eigenvalue weighted by molar-refractivity contribution is 0.158. The molecule has 1 N–H and O–H groups in total. The van der Waals surface area contributed by atoms with Crippen molar-refractivity contribution in [3.8, 4) is 5.75 Å². The molecule has 0 bridgehead atoms. The topological polar surface area (TPSA) is 21.3 Å². The molecule has 0 aromatic heterocycles. The molecular weight excluding hydrogens is 265 g/mol. The second-order valence-corrected chi connectivity index (χ2v) is 5.73. The van der Waals surface area contributed by atoms with Crippen LogP contribution in [0.25, 0.3) is 5.57 Å². The first-order valence-corrected chi connectivity index (χ1v) is 6.98. The highest BCUT2D eigenvalue weighted by Gasteiger charge is 2.27. The van der Waals surface area contributed by atoms with E-state index in [2.05, 4.69) is 11.4 Å². The van der Waals surface area contributed by atoms with E-state index in [1.54, 1.807) is 12.1 Å². The van der Waals surface area contributed by atoms with Gasteiger partial charge >= 0.3 is 0 Å². The number of hydrogen-bond donors (Lipinski definition) is 1. The number of rotatable bonds is 2. The van der Waals surface area contributed by atoms with E-state index in [1.165, 1.54) is 12.1 Å². The molecule has 2 nitrogen and oxygen atoms in total. The molecule has 108 valence electrons. The van der Waals surface area contributed by atoms with Gasteiger partial charge in [-0.25, -0.2) is 4.39 Å². The Bertz CT molecular complexity index is 702. The first-order valence-electron chi connectivity index (χ1n) is 6.98. The summed E-state index contributed by atoms with van der Waals surface area (Å²) in [5.41, 5.74) is 3.70. The van der Waals surface area contributed by atoms with Crippen molar-refractivity contribution in [2.45, 2.75) is 19.4 Å². The lowest BCUT2D eigenvalue weighted by Crippen LogP contribution is -2.29. The highest BCUT2D eigenvalue weighted by atomic mass is 19.1.